The summed E-state index contributed by atoms with van der Waals surface area (Å²) in [5.41, 5.74) is 3.15. The maximum absolute atomic E-state index is 13.8. The highest BCUT2D eigenvalue weighted by atomic mass is 32.2. The molecule has 0 radical (unpaired) electrons. The van der Waals surface area contributed by atoms with Gasteiger partial charge in [-0.2, -0.15) is 4.31 Å². The van der Waals surface area contributed by atoms with Crippen LogP contribution in [0.4, 0.5) is 0 Å². The minimum Gasteiger partial charge on any atom is -0.497 e. The molecule has 3 fully saturated rings. The third kappa shape index (κ3) is 6.57. The van der Waals surface area contributed by atoms with E-state index < -0.39 is 10.0 Å². The average molecular weight is 626 g/mol. The zero-order chi connectivity index (χ0) is 31.5. The standard InChI is InChI=1S/C35H51N3O5S/c1-27-23-31(42-5)24-28(2)33(27)44(40,41)38-20-10-9-13-30(38)25-43-26-32(39)37-21-18-34(19-22-37)14-16-35(17-15-34,36(3)4)29-11-7-6-8-12-29/h6-8,11-12,23-24,30H,9-10,13-22,25-26H2,1-5H3/t30-/m0/s1. The molecule has 9 heteroatoms. The molecule has 2 saturated heterocycles. The molecule has 8 nitrogen and oxygen atoms in total. The largest absolute Gasteiger partial charge is 0.497 e. The third-order valence-corrected chi connectivity index (χ3v) is 13.1. The van der Waals surface area contributed by atoms with Crippen LogP contribution >= 0.6 is 0 Å². The van der Waals surface area contributed by atoms with Crippen molar-refractivity contribution in [3.8, 4) is 5.75 Å². The van der Waals surface area contributed by atoms with Crippen LogP contribution in [0.5, 0.6) is 5.75 Å². The number of amides is 1. The zero-order valence-corrected chi connectivity index (χ0v) is 28.1. The molecule has 1 atom stereocenters. The van der Waals surface area contributed by atoms with Gasteiger partial charge in [-0.3, -0.25) is 9.69 Å². The van der Waals surface area contributed by atoms with Gasteiger partial charge in [-0.1, -0.05) is 36.8 Å². The van der Waals surface area contributed by atoms with Gasteiger partial charge in [0.05, 0.1) is 18.6 Å². The van der Waals surface area contributed by atoms with Crippen molar-refractivity contribution >= 4 is 15.9 Å². The molecule has 1 aliphatic carbocycles. The van der Waals surface area contributed by atoms with E-state index in [1.807, 2.05) is 18.7 Å². The molecule has 2 aromatic rings. The predicted octanol–water partition coefficient (Wildman–Crippen LogP) is 5.51. The molecule has 2 aromatic carbocycles. The summed E-state index contributed by atoms with van der Waals surface area (Å²) in [6, 6.07) is 14.2. The van der Waals surface area contributed by atoms with Crippen LogP contribution in [0, 0.1) is 19.3 Å². The number of ether oxygens (including phenoxy) is 2. The van der Waals surface area contributed by atoms with Crippen LogP contribution in [0.15, 0.2) is 47.4 Å². The molecule has 2 aliphatic heterocycles. The number of benzene rings is 2. The lowest BCUT2D eigenvalue weighted by Crippen LogP contribution is -2.51. The van der Waals surface area contributed by atoms with Gasteiger partial charge in [-0.15, -0.1) is 0 Å². The molecule has 5 rings (SSSR count). The number of carbonyl (C=O) groups is 1. The van der Waals surface area contributed by atoms with E-state index in [4.69, 9.17) is 9.47 Å². The normalized spacial score (nSPS) is 22.3. The first kappa shape index (κ1) is 32.9. The van der Waals surface area contributed by atoms with Crippen LogP contribution in [0.2, 0.25) is 0 Å². The number of nitrogens with zero attached hydrogens (tertiary/aromatic N) is 3. The molecule has 0 N–H and O–H groups in total. The first-order valence-corrected chi connectivity index (χ1v) is 17.7. The smallest absolute Gasteiger partial charge is 0.248 e. The van der Waals surface area contributed by atoms with Gasteiger partial charge < -0.3 is 14.4 Å². The van der Waals surface area contributed by atoms with E-state index in [9.17, 15) is 13.2 Å². The van der Waals surface area contributed by atoms with Gasteiger partial charge in [-0.05, 0) is 114 Å². The van der Waals surface area contributed by atoms with Crippen molar-refractivity contribution in [2.75, 3.05) is 54.1 Å². The zero-order valence-electron chi connectivity index (χ0n) is 27.3. The highest BCUT2D eigenvalue weighted by Crippen LogP contribution is 2.52. The summed E-state index contributed by atoms with van der Waals surface area (Å²) in [4.78, 5) is 17.9. The Balaban J connectivity index is 1.14. The number of hydrogen-bond donors (Lipinski definition) is 0. The van der Waals surface area contributed by atoms with Crippen molar-refractivity contribution in [3.05, 3.63) is 59.2 Å². The number of methoxy groups -OCH3 is 1. The Kier molecular flexibility index (Phi) is 10.1. The lowest BCUT2D eigenvalue weighted by Gasteiger charge is -2.52. The molecule has 0 aromatic heterocycles. The van der Waals surface area contributed by atoms with Crippen LogP contribution < -0.4 is 4.74 Å². The minimum atomic E-state index is -3.72. The molecule has 0 bridgehead atoms. The second kappa shape index (κ2) is 13.5. The maximum Gasteiger partial charge on any atom is 0.248 e. The van der Waals surface area contributed by atoms with Crippen molar-refractivity contribution < 1.29 is 22.7 Å². The molecule has 1 spiro atoms. The lowest BCUT2D eigenvalue weighted by atomic mass is 9.61. The summed E-state index contributed by atoms with van der Waals surface area (Å²) in [7, 11) is 2.28. The van der Waals surface area contributed by atoms with Crippen molar-refractivity contribution in [1.82, 2.24) is 14.1 Å². The van der Waals surface area contributed by atoms with Gasteiger partial charge in [0.1, 0.15) is 12.4 Å². The number of piperidine rings is 2. The Labute approximate surface area is 264 Å². The quantitative estimate of drug-likeness (QED) is 0.366. The highest BCUT2D eigenvalue weighted by Gasteiger charge is 2.46. The summed E-state index contributed by atoms with van der Waals surface area (Å²) in [6.45, 7) is 5.84. The fourth-order valence-corrected chi connectivity index (χ4v) is 10.1. The van der Waals surface area contributed by atoms with Crippen molar-refractivity contribution in [1.29, 1.82) is 0 Å². The Morgan fingerprint density at radius 1 is 0.932 bits per heavy atom. The van der Waals surface area contributed by atoms with Crippen molar-refractivity contribution in [2.24, 2.45) is 5.41 Å². The predicted molar refractivity (Wildman–Crippen MR) is 173 cm³/mol. The summed E-state index contributed by atoms with van der Waals surface area (Å²) in [5.74, 6) is 0.659. The highest BCUT2D eigenvalue weighted by molar-refractivity contribution is 7.89. The molecule has 44 heavy (non-hydrogen) atoms. The van der Waals surface area contributed by atoms with Crippen LogP contribution in [0.3, 0.4) is 0 Å². The number of rotatable bonds is 9. The Morgan fingerprint density at radius 3 is 2.16 bits per heavy atom. The van der Waals surface area contributed by atoms with E-state index in [1.54, 1.807) is 23.5 Å². The topological polar surface area (TPSA) is 79.4 Å². The van der Waals surface area contributed by atoms with Crippen molar-refractivity contribution in [2.45, 2.75) is 88.1 Å². The molecule has 1 amide bonds. The lowest BCUT2D eigenvalue weighted by molar-refractivity contribution is -0.139. The first-order chi connectivity index (χ1) is 21.0. The van der Waals surface area contributed by atoms with E-state index in [2.05, 4.69) is 49.3 Å². The second-order valence-electron chi connectivity index (χ2n) is 13.5. The molecular formula is C35H51N3O5S. The molecule has 1 saturated carbocycles. The van der Waals surface area contributed by atoms with E-state index >= 15 is 0 Å². The number of likely N-dealkylation sites (tertiary alicyclic amines) is 1. The Morgan fingerprint density at radius 2 is 1.57 bits per heavy atom. The van der Waals surface area contributed by atoms with E-state index in [0.29, 0.717) is 33.7 Å². The first-order valence-electron chi connectivity index (χ1n) is 16.3. The maximum atomic E-state index is 13.8. The van der Waals surface area contributed by atoms with E-state index in [-0.39, 0.29) is 30.7 Å². The average Bonchev–Trinajstić information content (AvgIpc) is 3.02. The third-order valence-electron chi connectivity index (χ3n) is 10.8. The van der Waals surface area contributed by atoms with Gasteiger partial charge in [0.15, 0.2) is 0 Å². The number of sulfonamides is 1. The van der Waals surface area contributed by atoms with Gasteiger partial charge in [-0.25, -0.2) is 8.42 Å². The van der Waals surface area contributed by atoms with Crippen molar-refractivity contribution in [3.63, 3.8) is 0 Å². The Bertz CT molecular complexity index is 1370. The molecule has 242 valence electrons. The molecular weight excluding hydrogens is 574 g/mol. The fourth-order valence-electron chi connectivity index (χ4n) is 8.05. The fraction of sp³-hybridized carbons (Fsp3) is 0.629. The molecule has 3 aliphatic rings. The van der Waals surface area contributed by atoms with Gasteiger partial charge >= 0.3 is 0 Å². The number of aryl methyl sites for hydroxylation is 2. The van der Waals surface area contributed by atoms with E-state index in [1.165, 1.54) is 18.4 Å². The number of carbonyl (C=O) groups excluding carboxylic acids is 1. The SMILES string of the molecule is COc1cc(C)c(S(=O)(=O)N2CCCC[C@H]2COCC(=O)N2CCC3(CC2)CCC(c2ccccc2)(N(C)C)CC3)c(C)c1. The van der Waals surface area contributed by atoms with Crippen LogP contribution in [-0.4, -0.2) is 88.5 Å². The Hall–Kier alpha value is -2.46. The summed E-state index contributed by atoms with van der Waals surface area (Å²) in [6.07, 6.45) is 9.19. The number of hydrogen-bond acceptors (Lipinski definition) is 6. The monoisotopic (exact) mass is 625 g/mol. The van der Waals surface area contributed by atoms with Gasteiger partial charge in [0.25, 0.3) is 0 Å². The minimum absolute atomic E-state index is 0.00424. The summed E-state index contributed by atoms with van der Waals surface area (Å²) < 4.78 is 40.6. The van der Waals surface area contributed by atoms with Crippen LogP contribution in [0.25, 0.3) is 0 Å². The van der Waals surface area contributed by atoms with Crippen LogP contribution in [-0.2, 0) is 25.1 Å². The summed E-state index contributed by atoms with van der Waals surface area (Å²) in [5, 5.41) is 0. The second-order valence-corrected chi connectivity index (χ2v) is 15.4. The summed E-state index contributed by atoms with van der Waals surface area (Å²) >= 11 is 0. The van der Waals surface area contributed by atoms with Gasteiger partial charge in [0, 0.05) is 31.2 Å². The van der Waals surface area contributed by atoms with Crippen LogP contribution in [0.1, 0.15) is 74.5 Å². The van der Waals surface area contributed by atoms with E-state index in [0.717, 1.165) is 58.0 Å². The van der Waals surface area contributed by atoms with Gasteiger partial charge in [0.2, 0.25) is 15.9 Å². The molecule has 0 unspecified atom stereocenters. The molecule has 2 heterocycles.